The summed E-state index contributed by atoms with van der Waals surface area (Å²) >= 11 is 0. The first-order valence-corrected chi connectivity index (χ1v) is 3.00. The fraction of sp³-hybridized carbons (Fsp3) is 0.667. The van der Waals surface area contributed by atoms with Crippen molar-refractivity contribution >= 4 is 12.1 Å². The lowest BCUT2D eigenvalue weighted by Crippen LogP contribution is -2.31. The number of ketones is 1. The Kier molecular flexibility index (Phi) is 1.95. The summed E-state index contributed by atoms with van der Waals surface area (Å²) in [5.74, 6) is -0.437. The van der Waals surface area contributed by atoms with E-state index in [4.69, 9.17) is 0 Å². The van der Waals surface area contributed by atoms with E-state index in [1.165, 1.54) is 6.29 Å². The van der Waals surface area contributed by atoms with Crippen LogP contribution < -0.4 is 5.32 Å². The first kappa shape index (κ1) is 6.42. The molecule has 0 aromatic carbocycles. The lowest BCUT2D eigenvalue weighted by atomic mass is 10.1. The average Bonchev–Trinajstić information content (AvgIpc) is 2.37. The van der Waals surface area contributed by atoms with E-state index >= 15 is 0 Å². The molecule has 0 bridgehead atoms. The van der Waals surface area contributed by atoms with Crippen molar-refractivity contribution in [3.05, 3.63) is 0 Å². The number of carbonyl (C=O) groups excluding carboxylic acids is 2. The van der Waals surface area contributed by atoms with Crippen molar-refractivity contribution in [2.45, 2.75) is 18.9 Å². The van der Waals surface area contributed by atoms with E-state index in [9.17, 15) is 9.59 Å². The molecule has 0 saturated carbocycles. The van der Waals surface area contributed by atoms with Crippen LogP contribution in [0, 0.1) is 0 Å². The summed E-state index contributed by atoms with van der Waals surface area (Å²) in [4.78, 5) is 20.3. The van der Waals surface area contributed by atoms with Crippen molar-refractivity contribution in [3.63, 3.8) is 0 Å². The van der Waals surface area contributed by atoms with Crippen LogP contribution in [0.25, 0.3) is 0 Å². The number of hydrogen-bond acceptors (Lipinski definition) is 3. The Hall–Kier alpha value is -0.700. The molecule has 0 unspecified atom stereocenters. The zero-order valence-electron chi connectivity index (χ0n) is 5.02. The third-order valence-electron chi connectivity index (χ3n) is 1.48. The van der Waals surface area contributed by atoms with Gasteiger partial charge in [0.25, 0.3) is 6.29 Å². The fourth-order valence-electron chi connectivity index (χ4n) is 0.979. The average molecular weight is 126 g/mol. The lowest BCUT2D eigenvalue weighted by Gasteiger charge is -1.99. The summed E-state index contributed by atoms with van der Waals surface area (Å²) in [6, 6.07) is -0.234. The maximum Gasteiger partial charge on any atom is 0.273 e. The Morgan fingerprint density at radius 2 is 2.44 bits per heavy atom. The van der Waals surface area contributed by atoms with Gasteiger partial charge in [-0.2, -0.15) is 0 Å². The maximum absolute atomic E-state index is 10.5. The molecule has 1 atom stereocenters. The largest absolute Gasteiger partial charge is 0.307 e. The number of carbonyl (C=O) groups is 1. The van der Waals surface area contributed by atoms with E-state index < -0.39 is 5.78 Å². The van der Waals surface area contributed by atoms with Crippen molar-refractivity contribution in [1.29, 1.82) is 0 Å². The molecule has 1 heterocycles. The predicted molar refractivity (Wildman–Crippen MR) is 31.7 cm³/mol. The normalized spacial score (nSPS) is 26.0. The second-order valence-electron chi connectivity index (χ2n) is 2.12. The Balaban J connectivity index is 2.41. The van der Waals surface area contributed by atoms with Crippen LogP contribution in [0.15, 0.2) is 0 Å². The molecule has 0 amide bonds. The molecular formula is C6H8NO2. The van der Waals surface area contributed by atoms with Gasteiger partial charge in [0, 0.05) is 0 Å². The zero-order valence-corrected chi connectivity index (χ0v) is 5.02. The summed E-state index contributed by atoms with van der Waals surface area (Å²) in [5, 5.41) is 2.90. The first-order valence-electron chi connectivity index (χ1n) is 3.00. The fourth-order valence-corrected chi connectivity index (χ4v) is 0.979. The molecule has 0 aliphatic carbocycles. The van der Waals surface area contributed by atoms with E-state index in [0.29, 0.717) is 0 Å². The monoisotopic (exact) mass is 126 g/mol. The molecular weight excluding hydrogens is 118 g/mol. The molecule has 1 N–H and O–H groups in total. The molecule has 1 rings (SSSR count). The molecule has 3 heteroatoms. The number of Topliss-reactive ketones (excluding diaryl/α,β-unsaturated/α-hetero) is 1. The van der Waals surface area contributed by atoms with E-state index in [-0.39, 0.29) is 6.04 Å². The maximum atomic E-state index is 10.5. The third-order valence-corrected chi connectivity index (χ3v) is 1.48. The standard InChI is InChI=1S/C6H8NO2/c8-4-6(9)5-2-1-3-7-5/h5,7H,1-3H2/t5-/m0/s1. The van der Waals surface area contributed by atoms with Gasteiger partial charge in [-0.3, -0.25) is 9.59 Å². The SMILES string of the molecule is O=[C]C(=O)[C@@H]1CCCN1. The van der Waals surface area contributed by atoms with E-state index in [1.807, 2.05) is 0 Å². The van der Waals surface area contributed by atoms with Gasteiger partial charge in [0.2, 0.25) is 5.78 Å². The minimum absolute atomic E-state index is 0.234. The summed E-state index contributed by atoms with van der Waals surface area (Å²) in [6.07, 6.45) is 3.13. The first-order chi connectivity index (χ1) is 4.34. The van der Waals surface area contributed by atoms with E-state index in [2.05, 4.69) is 5.32 Å². The summed E-state index contributed by atoms with van der Waals surface area (Å²) in [7, 11) is 0. The number of hydrogen-bond donors (Lipinski definition) is 1. The second kappa shape index (κ2) is 2.73. The van der Waals surface area contributed by atoms with Gasteiger partial charge >= 0.3 is 0 Å². The quantitative estimate of drug-likeness (QED) is 0.503. The van der Waals surface area contributed by atoms with Gasteiger partial charge in [0.1, 0.15) is 0 Å². The molecule has 1 fully saturated rings. The van der Waals surface area contributed by atoms with Crippen LogP contribution in [0.1, 0.15) is 12.8 Å². The molecule has 9 heavy (non-hydrogen) atoms. The van der Waals surface area contributed by atoms with Crippen LogP contribution in [0.5, 0.6) is 0 Å². The van der Waals surface area contributed by atoms with Gasteiger partial charge in [-0.25, -0.2) is 0 Å². The highest BCUT2D eigenvalue weighted by Gasteiger charge is 2.21. The highest BCUT2D eigenvalue weighted by atomic mass is 16.2. The molecule has 0 aromatic rings. The van der Waals surface area contributed by atoms with Crippen LogP contribution in [-0.2, 0) is 9.59 Å². The van der Waals surface area contributed by atoms with Crippen molar-refractivity contribution in [2.75, 3.05) is 6.54 Å². The Morgan fingerprint density at radius 1 is 1.67 bits per heavy atom. The van der Waals surface area contributed by atoms with Gasteiger partial charge in [-0.15, -0.1) is 0 Å². The molecule has 3 nitrogen and oxygen atoms in total. The topological polar surface area (TPSA) is 46.2 Å². The summed E-state index contributed by atoms with van der Waals surface area (Å²) in [5.41, 5.74) is 0. The Bertz CT molecular complexity index is 127. The Morgan fingerprint density at radius 3 is 2.89 bits per heavy atom. The van der Waals surface area contributed by atoms with Crippen molar-refractivity contribution < 1.29 is 9.59 Å². The molecule has 0 spiro atoms. The summed E-state index contributed by atoms with van der Waals surface area (Å²) < 4.78 is 0. The van der Waals surface area contributed by atoms with Crippen LogP contribution in [0.2, 0.25) is 0 Å². The second-order valence-corrected chi connectivity index (χ2v) is 2.12. The third kappa shape index (κ3) is 1.36. The molecule has 1 saturated heterocycles. The number of rotatable bonds is 2. The van der Waals surface area contributed by atoms with Crippen LogP contribution in [0.4, 0.5) is 0 Å². The Labute approximate surface area is 53.4 Å². The highest BCUT2D eigenvalue weighted by Crippen LogP contribution is 2.03. The zero-order chi connectivity index (χ0) is 6.69. The van der Waals surface area contributed by atoms with Gasteiger partial charge in [0.15, 0.2) is 0 Å². The molecule has 49 valence electrons. The highest BCUT2D eigenvalue weighted by molar-refractivity contribution is 6.27. The van der Waals surface area contributed by atoms with Gasteiger partial charge < -0.3 is 5.32 Å². The van der Waals surface area contributed by atoms with Crippen molar-refractivity contribution in [3.8, 4) is 0 Å². The van der Waals surface area contributed by atoms with Crippen LogP contribution in [0.3, 0.4) is 0 Å². The summed E-state index contributed by atoms with van der Waals surface area (Å²) in [6.45, 7) is 0.845. The lowest BCUT2D eigenvalue weighted by molar-refractivity contribution is -0.114. The molecule has 1 radical (unpaired) electrons. The van der Waals surface area contributed by atoms with E-state index in [0.717, 1.165) is 19.4 Å². The van der Waals surface area contributed by atoms with Gasteiger partial charge in [-0.1, -0.05) is 0 Å². The van der Waals surface area contributed by atoms with Gasteiger partial charge in [0.05, 0.1) is 6.04 Å². The minimum Gasteiger partial charge on any atom is -0.307 e. The van der Waals surface area contributed by atoms with Crippen molar-refractivity contribution in [1.82, 2.24) is 5.32 Å². The van der Waals surface area contributed by atoms with Crippen LogP contribution in [-0.4, -0.2) is 24.7 Å². The number of nitrogens with one attached hydrogen (secondary N) is 1. The molecule has 0 aromatic heterocycles. The molecule has 1 aliphatic heterocycles. The predicted octanol–water partition coefficient (Wildman–Crippen LogP) is -0.583. The van der Waals surface area contributed by atoms with Crippen LogP contribution >= 0.6 is 0 Å². The molecule has 1 aliphatic rings. The van der Waals surface area contributed by atoms with Gasteiger partial charge in [-0.05, 0) is 19.4 Å². The smallest absolute Gasteiger partial charge is 0.273 e. The van der Waals surface area contributed by atoms with Crippen molar-refractivity contribution in [2.24, 2.45) is 0 Å². The van der Waals surface area contributed by atoms with E-state index in [1.54, 1.807) is 0 Å². The minimum atomic E-state index is -0.437.